The van der Waals surface area contributed by atoms with Crippen molar-refractivity contribution < 1.29 is 28.6 Å². The van der Waals surface area contributed by atoms with E-state index in [2.05, 4.69) is 10.2 Å². The molecule has 0 bridgehead atoms. The molecule has 170 valence electrons. The lowest BCUT2D eigenvalue weighted by atomic mass is 10.1. The van der Waals surface area contributed by atoms with E-state index in [1.54, 1.807) is 24.3 Å². The normalized spacial score (nSPS) is 18.8. The third kappa shape index (κ3) is 4.67. The molecular formula is C23H21N3O6S. The van der Waals surface area contributed by atoms with Gasteiger partial charge in [0.05, 0.1) is 18.1 Å². The van der Waals surface area contributed by atoms with Gasteiger partial charge in [-0.15, -0.1) is 0 Å². The van der Waals surface area contributed by atoms with Crippen LogP contribution in [0.15, 0.2) is 47.4 Å². The number of carbonyl (C=O) groups excluding carboxylic acids is 3. The van der Waals surface area contributed by atoms with Gasteiger partial charge in [0.15, 0.2) is 11.5 Å². The van der Waals surface area contributed by atoms with Crippen LogP contribution < -0.4 is 19.7 Å². The van der Waals surface area contributed by atoms with Crippen molar-refractivity contribution in [2.45, 2.75) is 0 Å². The number of morpholine rings is 1. The molecule has 3 aliphatic heterocycles. The maximum absolute atomic E-state index is 12.8. The van der Waals surface area contributed by atoms with Crippen LogP contribution >= 0.6 is 11.8 Å². The summed E-state index contributed by atoms with van der Waals surface area (Å²) in [4.78, 5) is 41.0. The minimum atomic E-state index is -0.483. The van der Waals surface area contributed by atoms with Crippen molar-refractivity contribution in [1.29, 1.82) is 0 Å². The molecule has 0 aliphatic carbocycles. The molecular weight excluding hydrogens is 446 g/mol. The number of hydrogen-bond donors (Lipinski definition) is 1. The molecule has 2 fully saturated rings. The van der Waals surface area contributed by atoms with Gasteiger partial charge in [-0.1, -0.05) is 12.1 Å². The first-order chi connectivity index (χ1) is 16.1. The zero-order valence-electron chi connectivity index (χ0n) is 17.6. The van der Waals surface area contributed by atoms with E-state index in [0.717, 1.165) is 41.0 Å². The van der Waals surface area contributed by atoms with E-state index in [1.165, 1.54) is 0 Å². The molecule has 3 amide bonds. The van der Waals surface area contributed by atoms with Crippen molar-refractivity contribution in [3.05, 3.63) is 52.9 Å². The summed E-state index contributed by atoms with van der Waals surface area (Å²) in [5, 5.41) is 2.20. The molecule has 33 heavy (non-hydrogen) atoms. The van der Waals surface area contributed by atoms with Crippen LogP contribution in [0, 0.1) is 0 Å². The summed E-state index contributed by atoms with van der Waals surface area (Å²) in [6.45, 7) is 2.85. The molecule has 9 nitrogen and oxygen atoms in total. The second-order valence-electron chi connectivity index (χ2n) is 7.58. The molecule has 2 aromatic rings. The SMILES string of the molecule is O=C(CN1C(=O)SC(=Cc2ccc(N3CCOCC3)cc2)C1=O)Nc1ccc2c(c1)OCO2. The van der Waals surface area contributed by atoms with Crippen molar-refractivity contribution >= 4 is 46.3 Å². The number of hydrogen-bond acceptors (Lipinski definition) is 8. The number of imide groups is 1. The van der Waals surface area contributed by atoms with Crippen LogP contribution in [0.5, 0.6) is 11.5 Å². The maximum atomic E-state index is 12.8. The van der Waals surface area contributed by atoms with Crippen LogP contribution in [0.1, 0.15) is 5.56 Å². The number of carbonyl (C=O) groups is 3. The van der Waals surface area contributed by atoms with Crippen LogP contribution in [0.2, 0.25) is 0 Å². The van der Waals surface area contributed by atoms with Crippen molar-refractivity contribution in [3.63, 3.8) is 0 Å². The first-order valence-electron chi connectivity index (χ1n) is 10.4. The Morgan fingerprint density at radius 1 is 1.03 bits per heavy atom. The highest BCUT2D eigenvalue weighted by atomic mass is 32.2. The number of nitrogens with one attached hydrogen (secondary N) is 1. The van der Waals surface area contributed by atoms with E-state index in [1.807, 2.05) is 24.3 Å². The van der Waals surface area contributed by atoms with Crippen LogP contribution in [-0.4, -0.2) is 61.6 Å². The number of amides is 3. The molecule has 5 rings (SSSR count). The molecule has 0 saturated carbocycles. The second kappa shape index (κ2) is 9.16. The largest absolute Gasteiger partial charge is 0.454 e. The van der Waals surface area contributed by atoms with Gasteiger partial charge in [-0.25, -0.2) is 0 Å². The quantitative estimate of drug-likeness (QED) is 0.671. The molecule has 0 aromatic heterocycles. The fraction of sp³-hybridized carbons (Fsp3) is 0.261. The monoisotopic (exact) mass is 467 g/mol. The predicted molar refractivity (Wildman–Crippen MR) is 123 cm³/mol. The van der Waals surface area contributed by atoms with Gasteiger partial charge in [0.25, 0.3) is 11.1 Å². The molecule has 0 atom stereocenters. The summed E-state index contributed by atoms with van der Waals surface area (Å²) in [6, 6.07) is 12.8. The summed E-state index contributed by atoms with van der Waals surface area (Å²) in [7, 11) is 0. The lowest BCUT2D eigenvalue weighted by Crippen LogP contribution is -2.36. The Balaban J connectivity index is 1.22. The molecule has 0 spiro atoms. The van der Waals surface area contributed by atoms with E-state index in [-0.39, 0.29) is 18.2 Å². The van der Waals surface area contributed by atoms with Crippen LogP contribution in [0.25, 0.3) is 6.08 Å². The van der Waals surface area contributed by atoms with E-state index >= 15 is 0 Å². The number of nitrogens with zero attached hydrogens (tertiary/aromatic N) is 2. The molecule has 2 aromatic carbocycles. The number of thioether (sulfide) groups is 1. The topological polar surface area (TPSA) is 97.4 Å². The molecule has 0 unspecified atom stereocenters. The van der Waals surface area contributed by atoms with Crippen LogP contribution in [0.4, 0.5) is 16.2 Å². The fourth-order valence-corrected chi connectivity index (χ4v) is 4.55. The van der Waals surface area contributed by atoms with Crippen LogP contribution in [-0.2, 0) is 14.3 Å². The van der Waals surface area contributed by atoms with Crippen molar-refractivity contribution in [2.75, 3.05) is 49.9 Å². The van der Waals surface area contributed by atoms with E-state index in [9.17, 15) is 14.4 Å². The minimum absolute atomic E-state index is 0.131. The summed E-state index contributed by atoms with van der Waals surface area (Å²) in [6.07, 6.45) is 1.67. The van der Waals surface area contributed by atoms with E-state index in [4.69, 9.17) is 14.2 Å². The van der Waals surface area contributed by atoms with Crippen LogP contribution in [0.3, 0.4) is 0 Å². The van der Waals surface area contributed by atoms with E-state index < -0.39 is 17.1 Å². The van der Waals surface area contributed by atoms with Crippen molar-refractivity contribution in [3.8, 4) is 11.5 Å². The first-order valence-corrected chi connectivity index (χ1v) is 11.3. The number of anilines is 2. The van der Waals surface area contributed by atoms with Gasteiger partial charge in [0.2, 0.25) is 12.7 Å². The van der Waals surface area contributed by atoms with Gasteiger partial charge < -0.3 is 24.4 Å². The number of ether oxygens (including phenoxy) is 3. The van der Waals surface area contributed by atoms with Gasteiger partial charge in [-0.2, -0.15) is 0 Å². The lowest BCUT2D eigenvalue weighted by molar-refractivity contribution is -0.127. The third-order valence-electron chi connectivity index (χ3n) is 5.40. The lowest BCUT2D eigenvalue weighted by Gasteiger charge is -2.28. The molecule has 3 heterocycles. The minimum Gasteiger partial charge on any atom is -0.454 e. The van der Waals surface area contributed by atoms with Gasteiger partial charge in [-0.05, 0) is 47.7 Å². The molecule has 1 N–H and O–H groups in total. The van der Waals surface area contributed by atoms with Gasteiger partial charge in [0, 0.05) is 30.5 Å². The molecule has 10 heteroatoms. The number of fused-ring (bicyclic) bond motifs is 1. The highest BCUT2D eigenvalue weighted by Gasteiger charge is 2.36. The first kappa shape index (κ1) is 21.4. The Morgan fingerprint density at radius 2 is 1.79 bits per heavy atom. The molecule has 0 radical (unpaired) electrons. The Bertz CT molecular complexity index is 1130. The average molecular weight is 468 g/mol. The Morgan fingerprint density at radius 3 is 2.58 bits per heavy atom. The summed E-state index contributed by atoms with van der Waals surface area (Å²) in [5.74, 6) is 0.166. The Labute approximate surface area is 194 Å². The maximum Gasteiger partial charge on any atom is 0.294 e. The summed E-state index contributed by atoms with van der Waals surface area (Å²) < 4.78 is 15.9. The predicted octanol–water partition coefficient (Wildman–Crippen LogP) is 2.93. The molecule has 3 aliphatic rings. The number of benzene rings is 2. The van der Waals surface area contributed by atoms with Gasteiger partial charge in [0.1, 0.15) is 6.54 Å². The second-order valence-corrected chi connectivity index (χ2v) is 8.57. The van der Waals surface area contributed by atoms with Gasteiger partial charge in [-0.3, -0.25) is 19.3 Å². The fourth-order valence-electron chi connectivity index (χ4n) is 3.71. The Kier molecular flexibility index (Phi) is 5.93. The highest BCUT2D eigenvalue weighted by Crippen LogP contribution is 2.35. The highest BCUT2D eigenvalue weighted by molar-refractivity contribution is 8.18. The summed E-state index contributed by atoms with van der Waals surface area (Å²) >= 11 is 0.829. The summed E-state index contributed by atoms with van der Waals surface area (Å²) in [5.41, 5.74) is 2.39. The number of rotatable bonds is 5. The van der Waals surface area contributed by atoms with Crippen molar-refractivity contribution in [2.24, 2.45) is 0 Å². The smallest absolute Gasteiger partial charge is 0.294 e. The molecule has 2 saturated heterocycles. The Hall–Kier alpha value is -3.50. The third-order valence-corrected chi connectivity index (χ3v) is 6.31. The van der Waals surface area contributed by atoms with E-state index in [0.29, 0.717) is 30.4 Å². The zero-order chi connectivity index (χ0) is 22.8. The zero-order valence-corrected chi connectivity index (χ0v) is 18.4. The van der Waals surface area contributed by atoms with Crippen molar-refractivity contribution in [1.82, 2.24) is 4.90 Å². The standard InChI is InChI=1S/C23H21N3O6S/c27-21(24-16-3-6-18-19(12-16)32-14-31-18)13-26-22(28)20(33-23(26)29)11-15-1-4-17(5-2-15)25-7-9-30-10-8-25/h1-6,11-12H,7-10,13-14H2,(H,24,27). The van der Waals surface area contributed by atoms with Gasteiger partial charge >= 0.3 is 0 Å². The average Bonchev–Trinajstić information content (AvgIpc) is 3.40.